The number of carbonyl (C=O) groups excluding carboxylic acids is 2. The second-order valence-corrected chi connectivity index (χ2v) is 6.81. The second kappa shape index (κ2) is 7.41. The minimum atomic E-state index is -0.430. The minimum absolute atomic E-state index is 0.0912. The maximum absolute atomic E-state index is 12.9. The Labute approximate surface area is 157 Å². The van der Waals surface area contributed by atoms with Gasteiger partial charge in [0.1, 0.15) is 5.69 Å². The molecule has 1 aliphatic heterocycles. The quantitative estimate of drug-likeness (QED) is 0.837. The van der Waals surface area contributed by atoms with Gasteiger partial charge in [0, 0.05) is 42.6 Å². The van der Waals surface area contributed by atoms with Crippen LogP contribution in [0.25, 0.3) is 0 Å². The molecule has 26 heavy (non-hydrogen) atoms. The van der Waals surface area contributed by atoms with Crippen LogP contribution in [0.3, 0.4) is 0 Å². The first kappa shape index (κ1) is 18.3. The summed E-state index contributed by atoms with van der Waals surface area (Å²) in [6.45, 7) is 6.22. The summed E-state index contributed by atoms with van der Waals surface area (Å²) in [4.78, 5) is 31.9. The number of ether oxygens (including phenoxy) is 1. The maximum atomic E-state index is 12.9. The molecule has 0 bridgehead atoms. The molecule has 0 aliphatic carbocycles. The highest BCUT2D eigenvalue weighted by atomic mass is 35.5. The number of methoxy groups -OCH3 is 1. The summed E-state index contributed by atoms with van der Waals surface area (Å²) >= 11 is 6.06. The van der Waals surface area contributed by atoms with Crippen molar-refractivity contribution in [3.8, 4) is 0 Å². The molecule has 6 nitrogen and oxygen atoms in total. The Balaban J connectivity index is 1.72. The molecule has 7 heteroatoms. The molecule has 1 aromatic heterocycles. The van der Waals surface area contributed by atoms with Crippen molar-refractivity contribution < 1.29 is 14.3 Å². The molecule has 1 aromatic carbocycles. The zero-order valence-corrected chi connectivity index (χ0v) is 15.9. The highest BCUT2D eigenvalue weighted by Crippen LogP contribution is 2.23. The predicted molar refractivity (Wildman–Crippen MR) is 101 cm³/mol. The first-order chi connectivity index (χ1) is 12.4. The highest BCUT2D eigenvalue weighted by Gasteiger charge is 2.28. The van der Waals surface area contributed by atoms with Crippen molar-refractivity contribution in [3.63, 3.8) is 0 Å². The van der Waals surface area contributed by atoms with Crippen LogP contribution in [0.15, 0.2) is 24.3 Å². The monoisotopic (exact) mass is 375 g/mol. The number of carbonyl (C=O) groups is 2. The van der Waals surface area contributed by atoms with Crippen molar-refractivity contribution in [1.29, 1.82) is 0 Å². The van der Waals surface area contributed by atoms with E-state index in [1.54, 1.807) is 18.7 Å². The Morgan fingerprint density at radius 2 is 1.85 bits per heavy atom. The summed E-state index contributed by atoms with van der Waals surface area (Å²) in [7, 11) is 1.34. The van der Waals surface area contributed by atoms with Gasteiger partial charge in [-0.25, -0.2) is 4.79 Å². The van der Waals surface area contributed by atoms with E-state index >= 15 is 0 Å². The number of piperazine rings is 1. The minimum Gasteiger partial charge on any atom is -0.465 e. The Kier molecular flexibility index (Phi) is 5.23. The van der Waals surface area contributed by atoms with Crippen LogP contribution < -0.4 is 4.90 Å². The third-order valence-corrected chi connectivity index (χ3v) is 5.02. The van der Waals surface area contributed by atoms with Crippen LogP contribution in [0.4, 0.5) is 5.69 Å². The lowest BCUT2D eigenvalue weighted by molar-refractivity contribution is 0.0599. The molecule has 1 N–H and O–H groups in total. The fourth-order valence-electron chi connectivity index (χ4n) is 3.37. The van der Waals surface area contributed by atoms with Crippen LogP contribution in [-0.2, 0) is 4.74 Å². The molecule has 0 atom stereocenters. The van der Waals surface area contributed by atoms with Gasteiger partial charge in [0.25, 0.3) is 5.91 Å². The number of halogens is 1. The van der Waals surface area contributed by atoms with Gasteiger partial charge in [-0.1, -0.05) is 17.7 Å². The molecule has 1 amide bonds. The smallest absolute Gasteiger partial charge is 0.339 e. The van der Waals surface area contributed by atoms with Crippen LogP contribution in [-0.4, -0.2) is 55.0 Å². The molecule has 1 saturated heterocycles. The van der Waals surface area contributed by atoms with Gasteiger partial charge in [-0.05, 0) is 37.6 Å². The fraction of sp³-hybridized carbons (Fsp3) is 0.368. The van der Waals surface area contributed by atoms with Crippen molar-refractivity contribution in [2.45, 2.75) is 13.8 Å². The number of aromatic amines is 1. The largest absolute Gasteiger partial charge is 0.465 e. The molecular formula is C19H22ClN3O3. The average molecular weight is 376 g/mol. The number of hydrogen-bond acceptors (Lipinski definition) is 4. The van der Waals surface area contributed by atoms with E-state index in [-0.39, 0.29) is 5.91 Å². The summed E-state index contributed by atoms with van der Waals surface area (Å²) in [5.74, 6) is -0.521. The topological polar surface area (TPSA) is 65.6 Å². The summed E-state index contributed by atoms with van der Waals surface area (Å²) < 4.78 is 4.81. The number of aromatic nitrogens is 1. The lowest BCUT2D eigenvalue weighted by Crippen LogP contribution is -2.49. The van der Waals surface area contributed by atoms with Gasteiger partial charge in [0.15, 0.2) is 0 Å². The molecule has 138 valence electrons. The third-order valence-electron chi connectivity index (χ3n) is 4.78. The first-order valence-corrected chi connectivity index (χ1v) is 8.87. The predicted octanol–water partition coefficient (Wildman–Crippen LogP) is 3.03. The van der Waals surface area contributed by atoms with Crippen molar-refractivity contribution >= 4 is 29.2 Å². The number of hydrogen-bond donors (Lipinski definition) is 1. The van der Waals surface area contributed by atoms with E-state index < -0.39 is 5.97 Å². The van der Waals surface area contributed by atoms with Crippen molar-refractivity contribution in [2.75, 3.05) is 38.2 Å². The van der Waals surface area contributed by atoms with Crippen LogP contribution in [0.2, 0.25) is 5.02 Å². The van der Waals surface area contributed by atoms with Gasteiger partial charge < -0.3 is 19.5 Å². The molecule has 0 saturated carbocycles. The van der Waals surface area contributed by atoms with E-state index in [0.717, 1.165) is 18.8 Å². The van der Waals surface area contributed by atoms with Crippen LogP contribution in [0.5, 0.6) is 0 Å². The Hall–Kier alpha value is -2.47. The van der Waals surface area contributed by atoms with E-state index in [4.69, 9.17) is 16.3 Å². The number of amides is 1. The summed E-state index contributed by atoms with van der Waals surface area (Å²) in [5.41, 5.74) is 3.24. The molecule has 0 spiro atoms. The lowest BCUT2D eigenvalue weighted by Gasteiger charge is -2.36. The number of rotatable bonds is 3. The average Bonchev–Trinajstić information content (AvgIpc) is 2.95. The number of anilines is 1. The zero-order chi connectivity index (χ0) is 18.8. The van der Waals surface area contributed by atoms with E-state index in [1.807, 2.05) is 24.3 Å². The molecule has 3 rings (SSSR count). The molecule has 0 radical (unpaired) electrons. The van der Waals surface area contributed by atoms with E-state index in [9.17, 15) is 9.59 Å². The number of benzene rings is 1. The Morgan fingerprint density at radius 3 is 2.46 bits per heavy atom. The second-order valence-electron chi connectivity index (χ2n) is 6.38. The standard InChI is InChI=1S/C19H22ClN3O3/c1-12-16(19(25)26-3)13(2)21-17(12)18(24)23-9-7-22(8-10-23)15-6-4-5-14(20)11-15/h4-6,11,21H,7-10H2,1-3H3. The first-order valence-electron chi connectivity index (χ1n) is 8.49. The van der Waals surface area contributed by atoms with E-state index in [0.29, 0.717) is 40.6 Å². The van der Waals surface area contributed by atoms with Gasteiger partial charge >= 0.3 is 5.97 Å². The Bertz CT molecular complexity index is 839. The lowest BCUT2D eigenvalue weighted by atomic mass is 10.1. The fourth-order valence-corrected chi connectivity index (χ4v) is 3.56. The Morgan fingerprint density at radius 1 is 1.15 bits per heavy atom. The van der Waals surface area contributed by atoms with Crippen molar-refractivity contribution in [1.82, 2.24) is 9.88 Å². The van der Waals surface area contributed by atoms with Gasteiger partial charge in [0.05, 0.1) is 12.7 Å². The highest BCUT2D eigenvalue weighted by molar-refractivity contribution is 6.30. The van der Waals surface area contributed by atoms with Crippen LogP contribution >= 0.6 is 11.6 Å². The zero-order valence-electron chi connectivity index (χ0n) is 15.1. The molecule has 0 unspecified atom stereocenters. The number of nitrogens with zero attached hydrogens (tertiary/aromatic N) is 2. The van der Waals surface area contributed by atoms with Crippen molar-refractivity contribution in [2.24, 2.45) is 0 Å². The van der Waals surface area contributed by atoms with E-state index in [1.165, 1.54) is 7.11 Å². The van der Waals surface area contributed by atoms with Gasteiger partial charge in [0.2, 0.25) is 0 Å². The van der Waals surface area contributed by atoms with Crippen molar-refractivity contribution in [3.05, 3.63) is 51.8 Å². The van der Waals surface area contributed by atoms with Gasteiger partial charge in [-0.15, -0.1) is 0 Å². The van der Waals surface area contributed by atoms with Crippen LogP contribution in [0, 0.1) is 13.8 Å². The summed E-state index contributed by atoms with van der Waals surface area (Å²) in [6.07, 6.45) is 0. The van der Waals surface area contributed by atoms with Gasteiger partial charge in [-0.2, -0.15) is 0 Å². The van der Waals surface area contributed by atoms with E-state index in [2.05, 4.69) is 9.88 Å². The summed E-state index contributed by atoms with van der Waals surface area (Å²) in [5, 5.41) is 0.703. The normalized spacial score (nSPS) is 14.5. The molecule has 1 aliphatic rings. The van der Waals surface area contributed by atoms with Crippen LogP contribution in [0.1, 0.15) is 32.1 Å². The molecule has 2 aromatic rings. The number of nitrogens with one attached hydrogen (secondary N) is 1. The van der Waals surface area contributed by atoms with Gasteiger partial charge in [-0.3, -0.25) is 4.79 Å². The third kappa shape index (κ3) is 3.42. The summed E-state index contributed by atoms with van der Waals surface area (Å²) in [6, 6.07) is 7.72. The molecular weight excluding hydrogens is 354 g/mol. The molecule has 1 fully saturated rings. The maximum Gasteiger partial charge on any atom is 0.339 e. The number of aryl methyl sites for hydroxylation is 1. The number of esters is 1. The number of H-pyrrole nitrogens is 1. The SMILES string of the molecule is COC(=O)c1c(C)[nH]c(C(=O)N2CCN(c3cccc(Cl)c3)CC2)c1C. The molecule has 2 heterocycles.